The Hall–Kier alpha value is -2.69. The molecule has 0 aromatic heterocycles. The Labute approximate surface area is 133 Å². The Bertz CT molecular complexity index is 803. The van der Waals surface area contributed by atoms with Gasteiger partial charge in [0.1, 0.15) is 5.82 Å². The number of hydrogen-bond donors (Lipinski definition) is 1. The number of hydrogen-bond acceptors (Lipinski definition) is 3. The predicted molar refractivity (Wildman–Crippen MR) is 83.7 cm³/mol. The third-order valence-corrected chi connectivity index (χ3v) is 3.94. The van der Waals surface area contributed by atoms with Crippen molar-refractivity contribution in [3.63, 3.8) is 0 Å². The van der Waals surface area contributed by atoms with E-state index in [1.54, 1.807) is 37.3 Å². The number of carbonyl (C=O) groups excluding carboxylic acids is 2. The highest BCUT2D eigenvalue weighted by atomic mass is 19.1. The molecule has 1 unspecified atom stereocenters. The first-order valence-corrected chi connectivity index (χ1v) is 7.28. The van der Waals surface area contributed by atoms with E-state index in [2.05, 4.69) is 5.32 Å². The van der Waals surface area contributed by atoms with Crippen LogP contribution in [0.2, 0.25) is 0 Å². The molecule has 0 spiro atoms. The van der Waals surface area contributed by atoms with Crippen LogP contribution in [0.3, 0.4) is 0 Å². The number of benzene rings is 2. The zero-order valence-electron chi connectivity index (χ0n) is 12.9. The van der Waals surface area contributed by atoms with Gasteiger partial charge in [0.15, 0.2) is 5.60 Å². The quantitative estimate of drug-likeness (QED) is 0.866. The Morgan fingerprint density at radius 3 is 2.74 bits per heavy atom. The van der Waals surface area contributed by atoms with Gasteiger partial charge in [0.2, 0.25) is 0 Å². The van der Waals surface area contributed by atoms with Gasteiger partial charge in [0.05, 0.1) is 11.3 Å². The molecule has 1 heterocycles. The lowest BCUT2D eigenvalue weighted by atomic mass is 9.89. The maximum Gasteiger partial charge on any atom is 0.339 e. The van der Waals surface area contributed by atoms with E-state index in [0.29, 0.717) is 5.56 Å². The van der Waals surface area contributed by atoms with Gasteiger partial charge < -0.3 is 10.1 Å². The normalized spacial score (nSPS) is 19.7. The summed E-state index contributed by atoms with van der Waals surface area (Å²) in [6.07, 6.45) is 0.244. The van der Waals surface area contributed by atoms with Crippen LogP contribution in [0.5, 0.6) is 0 Å². The van der Waals surface area contributed by atoms with Crippen LogP contribution in [-0.4, -0.2) is 17.5 Å². The molecule has 1 aliphatic heterocycles. The minimum atomic E-state index is -1.37. The van der Waals surface area contributed by atoms with Crippen LogP contribution in [0, 0.1) is 12.7 Å². The van der Waals surface area contributed by atoms with Crippen molar-refractivity contribution in [3.8, 4) is 0 Å². The van der Waals surface area contributed by atoms with Crippen molar-refractivity contribution >= 4 is 17.6 Å². The summed E-state index contributed by atoms with van der Waals surface area (Å²) in [7, 11) is 0. The van der Waals surface area contributed by atoms with Gasteiger partial charge in [-0.2, -0.15) is 0 Å². The van der Waals surface area contributed by atoms with Gasteiger partial charge in [-0.15, -0.1) is 0 Å². The highest BCUT2D eigenvalue weighted by Gasteiger charge is 2.42. The molecule has 0 saturated heterocycles. The van der Waals surface area contributed by atoms with Crippen molar-refractivity contribution < 1.29 is 18.7 Å². The third kappa shape index (κ3) is 2.82. The number of ether oxygens (including phenoxy) is 1. The lowest BCUT2D eigenvalue weighted by Crippen LogP contribution is -2.49. The minimum Gasteiger partial charge on any atom is -0.445 e. The molecule has 5 heteroatoms. The van der Waals surface area contributed by atoms with E-state index in [0.717, 1.165) is 11.1 Å². The first-order valence-electron chi connectivity index (χ1n) is 7.28. The lowest BCUT2D eigenvalue weighted by molar-refractivity contribution is -0.134. The molecule has 3 rings (SSSR count). The summed E-state index contributed by atoms with van der Waals surface area (Å²) in [4.78, 5) is 24.6. The Balaban J connectivity index is 1.86. The lowest BCUT2D eigenvalue weighted by Gasteiger charge is -2.33. The summed E-state index contributed by atoms with van der Waals surface area (Å²) in [6, 6.07) is 11.5. The summed E-state index contributed by atoms with van der Waals surface area (Å²) in [5.74, 6) is -1.62. The molecule has 1 N–H and O–H groups in total. The highest BCUT2D eigenvalue weighted by molar-refractivity contribution is 6.02. The molecule has 2 aromatic rings. The molecule has 2 aromatic carbocycles. The van der Waals surface area contributed by atoms with Crippen LogP contribution in [-0.2, 0) is 16.0 Å². The molecule has 0 fully saturated rings. The largest absolute Gasteiger partial charge is 0.445 e. The molecule has 118 valence electrons. The number of anilines is 1. The summed E-state index contributed by atoms with van der Waals surface area (Å²) in [5.41, 5.74) is 0.648. The molecule has 1 atom stereocenters. The molecule has 0 aliphatic carbocycles. The van der Waals surface area contributed by atoms with Gasteiger partial charge in [0.25, 0.3) is 5.91 Å². The van der Waals surface area contributed by atoms with Crippen LogP contribution in [0.15, 0.2) is 42.5 Å². The standard InChI is InChI=1S/C18H16FNO3/c1-11-7-8-15(14(19)9-11)20-17(22)18(2)10-12-5-3-4-6-13(12)16(21)23-18/h3-9H,10H2,1-2H3,(H,20,22). The smallest absolute Gasteiger partial charge is 0.339 e. The van der Waals surface area contributed by atoms with E-state index >= 15 is 0 Å². The van der Waals surface area contributed by atoms with Crippen molar-refractivity contribution in [2.75, 3.05) is 5.32 Å². The SMILES string of the molecule is Cc1ccc(NC(=O)C2(C)Cc3ccccc3C(=O)O2)c(F)c1. The molecular weight excluding hydrogens is 297 g/mol. The van der Waals surface area contributed by atoms with Crippen LogP contribution in [0.1, 0.15) is 28.4 Å². The monoisotopic (exact) mass is 313 g/mol. The number of fused-ring (bicyclic) bond motifs is 1. The summed E-state index contributed by atoms with van der Waals surface area (Å²) in [5, 5.41) is 2.51. The van der Waals surface area contributed by atoms with Crippen LogP contribution in [0.25, 0.3) is 0 Å². The van der Waals surface area contributed by atoms with Gasteiger partial charge in [-0.25, -0.2) is 9.18 Å². The number of amides is 1. The predicted octanol–water partition coefficient (Wildman–Crippen LogP) is 3.24. The Kier molecular flexibility index (Phi) is 3.64. The van der Waals surface area contributed by atoms with Gasteiger partial charge >= 0.3 is 5.97 Å². The Morgan fingerprint density at radius 1 is 1.26 bits per heavy atom. The second kappa shape index (κ2) is 5.50. The first kappa shape index (κ1) is 15.2. The van der Waals surface area contributed by atoms with Gasteiger partial charge in [-0.05, 0) is 43.2 Å². The van der Waals surface area contributed by atoms with Crippen molar-refractivity contribution in [3.05, 3.63) is 65.0 Å². The van der Waals surface area contributed by atoms with Gasteiger partial charge in [-0.1, -0.05) is 24.3 Å². The first-order chi connectivity index (χ1) is 10.9. The molecule has 4 nitrogen and oxygen atoms in total. The fourth-order valence-electron chi connectivity index (χ4n) is 2.64. The van der Waals surface area contributed by atoms with E-state index < -0.39 is 23.3 Å². The zero-order valence-corrected chi connectivity index (χ0v) is 12.9. The van der Waals surface area contributed by atoms with E-state index in [1.165, 1.54) is 19.1 Å². The minimum absolute atomic E-state index is 0.0664. The van der Waals surface area contributed by atoms with E-state index in [4.69, 9.17) is 4.74 Å². The van der Waals surface area contributed by atoms with Crippen molar-refractivity contribution in [2.45, 2.75) is 25.9 Å². The molecule has 0 radical (unpaired) electrons. The van der Waals surface area contributed by atoms with Crippen LogP contribution >= 0.6 is 0 Å². The number of nitrogens with one attached hydrogen (secondary N) is 1. The molecule has 0 bridgehead atoms. The molecule has 1 amide bonds. The van der Waals surface area contributed by atoms with Gasteiger partial charge in [0, 0.05) is 6.42 Å². The van der Waals surface area contributed by atoms with Crippen LogP contribution in [0.4, 0.5) is 10.1 Å². The van der Waals surface area contributed by atoms with Gasteiger partial charge in [-0.3, -0.25) is 4.79 Å². The number of aryl methyl sites for hydroxylation is 1. The number of rotatable bonds is 2. The number of cyclic esters (lactones) is 1. The number of carbonyl (C=O) groups is 2. The fraction of sp³-hybridized carbons (Fsp3) is 0.222. The number of esters is 1. The molecule has 0 saturated carbocycles. The zero-order chi connectivity index (χ0) is 16.6. The van der Waals surface area contributed by atoms with Crippen molar-refractivity contribution in [1.29, 1.82) is 0 Å². The maximum absolute atomic E-state index is 13.9. The second-order valence-corrected chi connectivity index (χ2v) is 5.89. The maximum atomic E-state index is 13.9. The number of halogens is 1. The van der Waals surface area contributed by atoms with Crippen LogP contribution < -0.4 is 5.32 Å². The molecule has 23 heavy (non-hydrogen) atoms. The average Bonchev–Trinajstić information content (AvgIpc) is 2.50. The van der Waals surface area contributed by atoms with Crippen molar-refractivity contribution in [1.82, 2.24) is 0 Å². The fourth-order valence-corrected chi connectivity index (χ4v) is 2.64. The topological polar surface area (TPSA) is 55.4 Å². The summed E-state index contributed by atoms with van der Waals surface area (Å²) >= 11 is 0. The molecule has 1 aliphatic rings. The van der Waals surface area contributed by atoms with E-state index in [1.807, 2.05) is 0 Å². The molecular formula is C18H16FNO3. The average molecular weight is 313 g/mol. The van der Waals surface area contributed by atoms with E-state index in [9.17, 15) is 14.0 Å². The van der Waals surface area contributed by atoms with Crippen molar-refractivity contribution in [2.24, 2.45) is 0 Å². The highest BCUT2D eigenvalue weighted by Crippen LogP contribution is 2.29. The Morgan fingerprint density at radius 2 is 2.00 bits per heavy atom. The third-order valence-electron chi connectivity index (χ3n) is 3.94. The second-order valence-electron chi connectivity index (χ2n) is 5.89. The summed E-state index contributed by atoms with van der Waals surface area (Å²) in [6.45, 7) is 3.29. The van der Waals surface area contributed by atoms with E-state index in [-0.39, 0.29) is 12.1 Å². The summed E-state index contributed by atoms with van der Waals surface area (Å²) < 4.78 is 19.2.